The summed E-state index contributed by atoms with van der Waals surface area (Å²) < 4.78 is 12.0. The van der Waals surface area contributed by atoms with Gasteiger partial charge < -0.3 is 14.8 Å². The minimum atomic E-state index is -0.279. The highest BCUT2D eigenvalue weighted by atomic mass is 79.9. The Balaban J connectivity index is 1.76. The molecule has 5 heteroatoms. The van der Waals surface area contributed by atoms with E-state index in [0.29, 0.717) is 13.2 Å². The first-order valence-electron chi connectivity index (χ1n) is 6.59. The number of benzene rings is 1. The number of amides is 1. The predicted octanol–water partition coefficient (Wildman–Crippen LogP) is 2.57. The lowest BCUT2D eigenvalue weighted by atomic mass is 10.00. The quantitative estimate of drug-likeness (QED) is 0.909. The molecule has 0 aromatic heterocycles. The van der Waals surface area contributed by atoms with E-state index in [-0.39, 0.29) is 18.1 Å². The van der Waals surface area contributed by atoms with Crippen LogP contribution in [-0.2, 0) is 9.53 Å². The fourth-order valence-corrected chi connectivity index (χ4v) is 3.08. The number of hydrogen-bond acceptors (Lipinski definition) is 3. The maximum atomic E-state index is 12.1. The summed E-state index contributed by atoms with van der Waals surface area (Å²) in [6.45, 7) is 1.31. The number of carbonyl (C=O) groups excluding carboxylic acids is 1. The van der Waals surface area contributed by atoms with Gasteiger partial charge in [0.1, 0.15) is 11.9 Å². The molecule has 2 atom stereocenters. The normalized spacial score (nSPS) is 25.5. The van der Waals surface area contributed by atoms with Gasteiger partial charge in [0.2, 0.25) is 5.91 Å². The van der Waals surface area contributed by atoms with E-state index in [9.17, 15) is 4.79 Å². The van der Waals surface area contributed by atoms with Crippen molar-refractivity contribution in [1.82, 2.24) is 5.32 Å². The minimum absolute atomic E-state index is 0.00433. The molecular weight excluding hydrogens is 310 g/mol. The molecule has 0 spiro atoms. The van der Waals surface area contributed by atoms with Crippen molar-refractivity contribution in [3.8, 4) is 5.75 Å². The Morgan fingerprint density at radius 2 is 2.21 bits per heavy atom. The van der Waals surface area contributed by atoms with Gasteiger partial charge in [0.15, 0.2) is 0 Å². The van der Waals surface area contributed by atoms with Crippen LogP contribution in [0.5, 0.6) is 5.75 Å². The van der Waals surface area contributed by atoms with Crippen LogP contribution in [0.1, 0.15) is 30.9 Å². The zero-order valence-corrected chi connectivity index (χ0v) is 12.1. The average molecular weight is 326 g/mol. The molecule has 0 bridgehead atoms. The lowest BCUT2D eigenvalue weighted by molar-refractivity contribution is -0.131. The number of rotatable bonds is 2. The Morgan fingerprint density at radius 1 is 1.32 bits per heavy atom. The second-order valence-electron chi connectivity index (χ2n) is 4.86. The van der Waals surface area contributed by atoms with E-state index in [1.165, 1.54) is 0 Å². The zero-order valence-electron chi connectivity index (χ0n) is 10.5. The maximum Gasteiger partial charge on any atom is 0.249 e. The van der Waals surface area contributed by atoms with Crippen LogP contribution in [-0.4, -0.2) is 25.2 Å². The summed E-state index contributed by atoms with van der Waals surface area (Å²) in [4.78, 5) is 12.1. The fraction of sp³-hybridized carbons (Fsp3) is 0.500. The number of nitrogens with one attached hydrogen (secondary N) is 1. The van der Waals surface area contributed by atoms with Crippen LogP contribution in [0.3, 0.4) is 0 Å². The average Bonchev–Trinajstić information content (AvgIpc) is 2.94. The Hall–Kier alpha value is -1.07. The molecule has 1 aromatic carbocycles. The molecule has 2 heterocycles. The molecule has 0 radical (unpaired) electrons. The van der Waals surface area contributed by atoms with E-state index in [1.807, 2.05) is 18.2 Å². The summed E-state index contributed by atoms with van der Waals surface area (Å²) in [6, 6.07) is 5.92. The number of carbonyl (C=O) groups is 1. The van der Waals surface area contributed by atoms with Gasteiger partial charge in [-0.25, -0.2) is 0 Å². The number of para-hydroxylation sites is 1. The van der Waals surface area contributed by atoms with E-state index in [0.717, 1.165) is 35.0 Å². The summed E-state index contributed by atoms with van der Waals surface area (Å²) in [6.07, 6.45) is 2.30. The zero-order chi connectivity index (χ0) is 13.2. The van der Waals surface area contributed by atoms with E-state index in [1.54, 1.807) is 0 Å². The van der Waals surface area contributed by atoms with Gasteiger partial charge in [0.25, 0.3) is 0 Å². The summed E-state index contributed by atoms with van der Waals surface area (Å²) in [5, 5.41) is 3.08. The van der Waals surface area contributed by atoms with Gasteiger partial charge in [-0.05, 0) is 34.8 Å². The molecule has 19 heavy (non-hydrogen) atoms. The van der Waals surface area contributed by atoms with E-state index in [4.69, 9.17) is 9.47 Å². The van der Waals surface area contributed by atoms with Crippen molar-refractivity contribution in [2.24, 2.45) is 0 Å². The molecule has 3 rings (SSSR count). The van der Waals surface area contributed by atoms with Crippen LogP contribution >= 0.6 is 15.9 Å². The topological polar surface area (TPSA) is 47.6 Å². The van der Waals surface area contributed by atoms with Gasteiger partial charge in [-0.1, -0.05) is 12.1 Å². The van der Waals surface area contributed by atoms with Gasteiger partial charge in [0.05, 0.1) is 17.1 Å². The molecule has 1 N–H and O–H groups in total. The summed E-state index contributed by atoms with van der Waals surface area (Å²) >= 11 is 3.48. The van der Waals surface area contributed by atoms with Crippen molar-refractivity contribution in [1.29, 1.82) is 0 Å². The van der Waals surface area contributed by atoms with Crippen LogP contribution in [0.4, 0.5) is 0 Å². The first-order valence-corrected chi connectivity index (χ1v) is 7.38. The van der Waals surface area contributed by atoms with Crippen molar-refractivity contribution in [2.75, 3.05) is 13.2 Å². The molecule has 1 fully saturated rings. The van der Waals surface area contributed by atoms with Crippen LogP contribution < -0.4 is 10.1 Å². The van der Waals surface area contributed by atoms with Gasteiger partial charge in [0, 0.05) is 18.6 Å². The monoisotopic (exact) mass is 325 g/mol. The highest BCUT2D eigenvalue weighted by Gasteiger charge is 2.29. The molecule has 2 aliphatic heterocycles. The van der Waals surface area contributed by atoms with E-state index < -0.39 is 0 Å². The second-order valence-corrected chi connectivity index (χ2v) is 5.71. The molecule has 2 aliphatic rings. The van der Waals surface area contributed by atoms with Crippen molar-refractivity contribution in [2.45, 2.75) is 31.4 Å². The fourth-order valence-electron chi connectivity index (χ4n) is 2.59. The number of fused-ring (bicyclic) bond motifs is 1. The molecule has 0 aliphatic carbocycles. The lowest BCUT2D eigenvalue weighted by Crippen LogP contribution is -2.38. The standard InChI is InChI=1S/C14H16BrNO3/c15-10-4-1-3-9-11(6-8-19-13(9)10)16-14(17)12-5-2-7-18-12/h1,3-4,11-12H,2,5-8H2,(H,16,17)/t11-,12-/m0/s1. The van der Waals surface area contributed by atoms with Gasteiger partial charge in [-0.2, -0.15) is 0 Å². The lowest BCUT2D eigenvalue weighted by Gasteiger charge is -2.28. The highest BCUT2D eigenvalue weighted by molar-refractivity contribution is 9.10. The van der Waals surface area contributed by atoms with Crippen molar-refractivity contribution < 1.29 is 14.3 Å². The van der Waals surface area contributed by atoms with Crippen molar-refractivity contribution >= 4 is 21.8 Å². The summed E-state index contributed by atoms with van der Waals surface area (Å²) in [7, 11) is 0. The molecule has 0 unspecified atom stereocenters. The third-order valence-corrected chi connectivity index (χ3v) is 4.19. The molecule has 0 saturated carbocycles. The molecule has 1 aromatic rings. The van der Waals surface area contributed by atoms with Gasteiger partial charge >= 0.3 is 0 Å². The Morgan fingerprint density at radius 3 is 3.00 bits per heavy atom. The molecule has 1 saturated heterocycles. The minimum Gasteiger partial charge on any atom is -0.492 e. The third-order valence-electron chi connectivity index (χ3n) is 3.56. The van der Waals surface area contributed by atoms with Crippen LogP contribution in [0.15, 0.2) is 22.7 Å². The van der Waals surface area contributed by atoms with Crippen LogP contribution in [0.25, 0.3) is 0 Å². The number of ether oxygens (including phenoxy) is 2. The molecule has 1 amide bonds. The summed E-state index contributed by atoms with van der Waals surface area (Å²) in [5.41, 5.74) is 1.03. The number of hydrogen-bond donors (Lipinski definition) is 1. The smallest absolute Gasteiger partial charge is 0.249 e. The molecule has 4 nitrogen and oxygen atoms in total. The van der Waals surface area contributed by atoms with Crippen molar-refractivity contribution in [3.63, 3.8) is 0 Å². The SMILES string of the molecule is O=C(N[C@H]1CCOc2c(Br)cccc21)[C@@H]1CCCO1. The number of halogens is 1. The third kappa shape index (κ3) is 2.62. The first-order chi connectivity index (χ1) is 9.25. The summed E-state index contributed by atoms with van der Waals surface area (Å²) in [5.74, 6) is 0.835. The van der Waals surface area contributed by atoms with E-state index in [2.05, 4.69) is 21.2 Å². The Bertz CT molecular complexity index is 486. The van der Waals surface area contributed by atoms with E-state index >= 15 is 0 Å². The molecular formula is C14H16BrNO3. The first kappa shape index (κ1) is 12.9. The highest BCUT2D eigenvalue weighted by Crippen LogP contribution is 2.37. The second kappa shape index (κ2) is 5.51. The van der Waals surface area contributed by atoms with Gasteiger partial charge in [-0.3, -0.25) is 4.79 Å². The van der Waals surface area contributed by atoms with Gasteiger partial charge in [-0.15, -0.1) is 0 Å². The Kier molecular flexibility index (Phi) is 3.75. The van der Waals surface area contributed by atoms with Crippen molar-refractivity contribution in [3.05, 3.63) is 28.2 Å². The molecule has 102 valence electrons. The largest absolute Gasteiger partial charge is 0.492 e. The maximum absolute atomic E-state index is 12.1. The van der Waals surface area contributed by atoms with Crippen LogP contribution in [0, 0.1) is 0 Å². The predicted molar refractivity (Wildman–Crippen MR) is 74.1 cm³/mol. The Labute approximate surface area is 120 Å². The van der Waals surface area contributed by atoms with Crippen LogP contribution in [0.2, 0.25) is 0 Å².